The second-order valence-electron chi connectivity index (χ2n) is 9.31. The SMILES string of the molecule is O=C(C[C@@]1(COc2ccc(Cl)cc2)CCCN(C(=O)c2ccc(OC(F)(F)F)cc2)C1)N1CCOCC1. The summed E-state index contributed by atoms with van der Waals surface area (Å²) >= 11 is 5.97. The largest absolute Gasteiger partial charge is 0.573 e. The van der Waals surface area contributed by atoms with Crippen molar-refractivity contribution >= 4 is 23.4 Å². The van der Waals surface area contributed by atoms with Crippen molar-refractivity contribution in [1.82, 2.24) is 9.80 Å². The first-order chi connectivity index (χ1) is 17.6. The summed E-state index contributed by atoms with van der Waals surface area (Å²) in [6.45, 7) is 2.96. The van der Waals surface area contributed by atoms with Crippen LogP contribution in [0.3, 0.4) is 0 Å². The Balaban J connectivity index is 1.50. The normalized spacial score (nSPS) is 20.4. The van der Waals surface area contributed by atoms with Crippen LogP contribution in [-0.4, -0.2) is 74.0 Å². The van der Waals surface area contributed by atoms with Crippen LogP contribution in [0.5, 0.6) is 11.5 Å². The lowest BCUT2D eigenvalue weighted by atomic mass is 9.77. The zero-order valence-electron chi connectivity index (χ0n) is 20.1. The number of likely N-dealkylation sites (tertiary alicyclic amines) is 1. The molecule has 11 heteroatoms. The molecule has 0 radical (unpaired) electrons. The highest BCUT2D eigenvalue weighted by molar-refractivity contribution is 6.30. The number of nitrogens with zero attached hydrogens (tertiary/aromatic N) is 2. The summed E-state index contributed by atoms with van der Waals surface area (Å²) in [5.74, 6) is -0.144. The smallest absolute Gasteiger partial charge is 0.493 e. The Kier molecular flexibility index (Phi) is 8.49. The fraction of sp³-hybridized carbons (Fsp3) is 0.462. The van der Waals surface area contributed by atoms with Gasteiger partial charge in [0.05, 0.1) is 19.8 Å². The second-order valence-corrected chi connectivity index (χ2v) is 9.75. The molecule has 7 nitrogen and oxygen atoms in total. The van der Waals surface area contributed by atoms with Crippen LogP contribution in [0.15, 0.2) is 48.5 Å². The van der Waals surface area contributed by atoms with E-state index in [4.69, 9.17) is 21.1 Å². The van der Waals surface area contributed by atoms with Crippen LogP contribution in [0.25, 0.3) is 0 Å². The molecule has 2 amide bonds. The Bertz CT molecular complexity index is 1080. The second kappa shape index (κ2) is 11.6. The number of hydrogen-bond donors (Lipinski definition) is 0. The molecule has 2 fully saturated rings. The third kappa shape index (κ3) is 7.52. The topological polar surface area (TPSA) is 68.3 Å². The van der Waals surface area contributed by atoms with Crippen molar-refractivity contribution in [3.63, 3.8) is 0 Å². The van der Waals surface area contributed by atoms with Crippen molar-refractivity contribution < 1.29 is 37.0 Å². The molecule has 0 unspecified atom stereocenters. The van der Waals surface area contributed by atoms with E-state index in [2.05, 4.69) is 4.74 Å². The molecule has 0 bridgehead atoms. The van der Waals surface area contributed by atoms with E-state index in [0.717, 1.165) is 12.1 Å². The first-order valence-corrected chi connectivity index (χ1v) is 12.4. The number of alkyl halides is 3. The summed E-state index contributed by atoms with van der Waals surface area (Å²) in [7, 11) is 0. The van der Waals surface area contributed by atoms with Gasteiger partial charge in [-0.3, -0.25) is 9.59 Å². The molecule has 2 aliphatic rings. The molecule has 0 N–H and O–H groups in total. The Morgan fingerprint density at radius 3 is 2.24 bits per heavy atom. The summed E-state index contributed by atoms with van der Waals surface area (Å²) in [6.07, 6.45) is -3.28. The Morgan fingerprint density at radius 2 is 1.59 bits per heavy atom. The number of ether oxygens (including phenoxy) is 3. The van der Waals surface area contributed by atoms with Crippen LogP contribution in [0.1, 0.15) is 29.6 Å². The standard InChI is InChI=1S/C26H28ClF3N2O5/c27-20-4-8-21(9-5-20)36-18-25(16-23(33)31-12-14-35-15-13-31)10-1-11-32(17-25)24(34)19-2-6-22(7-3-19)37-26(28,29)30/h2-9H,1,10-18H2/t25-/m0/s1. The summed E-state index contributed by atoms with van der Waals surface area (Å²) in [5, 5.41) is 0.575. The van der Waals surface area contributed by atoms with Gasteiger partial charge >= 0.3 is 6.36 Å². The number of hydrogen-bond acceptors (Lipinski definition) is 5. The number of piperidine rings is 1. The fourth-order valence-corrected chi connectivity index (χ4v) is 4.81. The van der Waals surface area contributed by atoms with E-state index in [1.54, 1.807) is 34.1 Å². The summed E-state index contributed by atoms with van der Waals surface area (Å²) < 4.78 is 52.8. The van der Waals surface area contributed by atoms with E-state index in [9.17, 15) is 22.8 Å². The van der Waals surface area contributed by atoms with Gasteiger partial charge < -0.3 is 24.0 Å². The quantitative estimate of drug-likeness (QED) is 0.505. The molecular formula is C26H28ClF3N2O5. The van der Waals surface area contributed by atoms with Gasteiger partial charge in [-0.1, -0.05) is 11.6 Å². The molecule has 0 saturated carbocycles. The molecule has 0 aliphatic carbocycles. The first-order valence-electron chi connectivity index (χ1n) is 12.0. The van der Waals surface area contributed by atoms with Crippen molar-refractivity contribution in [3.8, 4) is 11.5 Å². The summed E-state index contributed by atoms with van der Waals surface area (Å²) in [5.41, 5.74) is -0.397. The Hall–Kier alpha value is -2.98. The number of amides is 2. The zero-order valence-corrected chi connectivity index (χ0v) is 20.9. The highest BCUT2D eigenvalue weighted by Gasteiger charge is 2.41. The minimum Gasteiger partial charge on any atom is -0.493 e. The molecule has 0 aromatic heterocycles. The van der Waals surface area contributed by atoms with Gasteiger partial charge in [0.25, 0.3) is 5.91 Å². The lowest BCUT2D eigenvalue weighted by Gasteiger charge is -2.43. The highest BCUT2D eigenvalue weighted by atomic mass is 35.5. The number of morpholine rings is 1. The number of halogens is 4. The number of rotatable bonds is 7. The van der Waals surface area contributed by atoms with Gasteiger partial charge in [0.1, 0.15) is 11.5 Å². The van der Waals surface area contributed by atoms with Gasteiger partial charge in [-0.25, -0.2) is 0 Å². The molecule has 37 heavy (non-hydrogen) atoms. The number of carbonyl (C=O) groups excluding carboxylic acids is 2. The maximum Gasteiger partial charge on any atom is 0.573 e. The molecule has 2 aromatic carbocycles. The van der Waals surface area contributed by atoms with Gasteiger partial charge in [-0.2, -0.15) is 0 Å². The maximum atomic E-state index is 13.3. The fourth-order valence-electron chi connectivity index (χ4n) is 4.69. The van der Waals surface area contributed by atoms with E-state index in [1.807, 2.05) is 0 Å². The van der Waals surface area contributed by atoms with E-state index < -0.39 is 17.5 Å². The van der Waals surface area contributed by atoms with Crippen LogP contribution >= 0.6 is 11.6 Å². The predicted octanol–water partition coefficient (Wildman–Crippen LogP) is 4.79. The van der Waals surface area contributed by atoms with Gasteiger partial charge in [0.2, 0.25) is 5.91 Å². The zero-order chi connectivity index (χ0) is 26.5. The Morgan fingerprint density at radius 1 is 0.946 bits per heavy atom. The first kappa shape index (κ1) is 27.1. The lowest BCUT2D eigenvalue weighted by Crippen LogP contribution is -2.52. The number of carbonyl (C=O) groups is 2. The molecule has 200 valence electrons. The third-order valence-electron chi connectivity index (χ3n) is 6.53. The summed E-state index contributed by atoms with van der Waals surface area (Å²) in [4.78, 5) is 29.9. The van der Waals surface area contributed by atoms with Gasteiger partial charge in [-0.15, -0.1) is 13.2 Å². The average molecular weight is 541 g/mol. The predicted molar refractivity (Wildman–Crippen MR) is 130 cm³/mol. The number of benzene rings is 2. The molecule has 2 heterocycles. The minimum atomic E-state index is -4.81. The highest BCUT2D eigenvalue weighted by Crippen LogP contribution is 2.36. The molecule has 2 aromatic rings. The van der Waals surface area contributed by atoms with Crippen molar-refractivity contribution in [1.29, 1.82) is 0 Å². The lowest BCUT2D eigenvalue weighted by molar-refractivity contribution is -0.274. The molecule has 2 saturated heterocycles. The maximum absolute atomic E-state index is 13.3. The van der Waals surface area contributed by atoms with Crippen molar-refractivity contribution in [2.24, 2.45) is 5.41 Å². The van der Waals surface area contributed by atoms with E-state index in [0.29, 0.717) is 56.5 Å². The minimum absolute atomic E-state index is 0.0223. The molecular weight excluding hydrogens is 513 g/mol. The van der Waals surface area contributed by atoms with Crippen molar-refractivity contribution in [3.05, 3.63) is 59.1 Å². The molecule has 2 aliphatic heterocycles. The van der Waals surface area contributed by atoms with E-state index >= 15 is 0 Å². The molecule has 4 rings (SSSR count). The van der Waals surface area contributed by atoms with Crippen LogP contribution < -0.4 is 9.47 Å². The Labute approximate surface area is 218 Å². The van der Waals surface area contributed by atoms with Gasteiger partial charge in [0, 0.05) is 48.6 Å². The third-order valence-corrected chi connectivity index (χ3v) is 6.78. The molecule has 1 atom stereocenters. The van der Waals surface area contributed by atoms with Crippen LogP contribution in [0.2, 0.25) is 5.02 Å². The van der Waals surface area contributed by atoms with Crippen molar-refractivity contribution in [2.75, 3.05) is 46.0 Å². The van der Waals surface area contributed by atoms with E-state index in [-0.39, 0.29) is 37.0 Å². The van der Waals surface area contributed by atoms with E-state index in [1.165, 1.54) is 12.1 Å². The van der Waals surface area contributed by atoms with Gasteiger partial charge in [-0.05, 0) is 61.4 Å². The summed E-state index contributed by atoms with van der Waals surface area (Å²) in [6, 6.07) is 11.8. The average Bonchev–Trinajstić information content (AvgIpc) is 2.88. The van der Waals surface area contributed by atoms with Gasteiger partial charge in [0.15, 0.2) is 0 Å². The molecule has 0 spiro atoms. The van der Waals surface area contributed by atoms with Crippen LogP contribution in [0.4, 0.5) is 13.2 Å². The van der Waals surface area contributed by atoms with Crippen LogP contribution in [0, 0.1) is 5.41 Å². The van der Waals surface area contributed by atoms with Crippen molar-refractivity contribution in [2.45, 2.75) is 25.6 Å². The van der Waals surface area contributed by atoms with Crippen LogP contribution in [-0.2, 0) is 9.53 Å². The monoisotopic (exact) mass is 540 g/mol.